The molecule has 0 saturated carbocycles. The minimum Gasteiger partial charge on any atom is -0.320 e. The zero-order valence-corrected chi connectivity index (χ0v) is 12.0. The Morgan fingerprint density at radius 2 is 1.80 bits per heavy atom. The second kappa shape index (κ2) is 5.26. The van der Waals surface area contributed by atoms with E-state index in [0.29, 0.717) is 10.0 Å². The van der Waals surface area contributed by atoms with Crippen LogP contribution in [0.3, 0.4) is 0 Å². The summed E-state index contributed by atoms with van der Waals surface area (Å²) in [6, 6.07) is 10.1. The van der Waals surface area contributed by atoms with Crippen LogP contribution in [-0.2, 0) is 0 Å². The van der Waals surface area contributed by atoms with Crippen molar-refractivity contribution in [3.05, 3.63) is 70.2 Å². The lowest BCUT2D eigenvalue weighted by Crippen LogP contribution is -2.14. The fourth-order valence-corrected chi connectivity index (χ4v) is 2.50. The molecule has 0 aliphatic heterocycles. The van der Waals surface area contributed by atoms with Gasteiger partial charge in [0.05, 0.1) is 21.5 Å². The summed E-state index contributed by atoms with van der Waals surface area (Å²) in [7, 11) is 0. The molecule has 0 spiro atoms. The number of nitrogens with two attached hydrogens (primary N) is 1. The molecule has 1 aromatic heterocycles. The fraction of sp³-hybridized carbons (Fsp3) is 0.0667. The maximum absolute atomic E-state index is 14.1. The first-order chi connectivity index (χ1) is 9.66. The second-order valence-corrected chi connectivity index (χ2v) is 5.28. The monoisotopic (exact) mass is 331 g/mol. The highest BCUT2D eigenvalue weighted by atomic mass is 79.9. The summed E-state index contributed by atoms with van der Waals surface area (Å²) in [5, 5.41) is 0. The van der Waals surface area contributed by atoms with Crippen LogP contribution < -0.4 is 5.73 Å². The molecule has 0 aliphatic rings. The first kappa shape index (κ1) is 13.1. The minimum absolute atomic E-state index is 0.334. The van der Waals surface area contributed by atoms with E-state index in [2.05, 4.69) is 25.9 Å². The number of hydrogen-bond acceptors (Lipinski definition) is 3. The van der Waals surface area contributed by atoms with Crippen molar-refractivity contribution in [1.82, 2.24) is 9.97 Å². The first-order valence-corrected chi connectivity index (χ1v) is 6.86. The molecule has 3 aromatic rings. The molecular weight excluding hydrogens is 321 g/mol. The number of fused-ring (bicyclic) bond motifs is 1. The molecule has 0 aliphatic carbocycles. The van der Waals surface area contributed by atoms with Gasteiger partial charge in [0, 0.05) is 18.0 Å². The van der Waals surface area contributed by atoms with Gasteiger partial charge >= 0.3 is 0 Å². The molecule has 1 heterocycles. The van der Waals surface area contributed by atoms with Gasteiger partial charge in [0.25, 0.3) is 0 Å². The highest BCUT2D eigenvalue weighted by molar-refractivity contribution is 9.10. The SMILES string of the molecule is NC(c1ccc2nccnc2c1)c1cccc(Br)c1F. The second-order valence-electron chi connectivity index (χ2n) is 4.43. The molecule has 0 fully saturated rings. The lowest BCUT2D eigenvalue weighted by molar-refractivity contribution is 0.593. The molecule has 1 atom stereocenters. The topological polar surface area (TPSA) is 51.8 Å². The Balaban J connectivity index is 2.08. The Bertz CT molecular complexity index is 776. The van der Waals surface area contributed by atoms with Gasteiger partial charge in [-0.25, -0.2) is 4.39 Å². The summed E-state index contributed by atoms with van der Waals surface area (Å²) < 4.78 is 14.5. The van der Waals surface area contributed by atoms with E-state index in [1.165, 1.54) is 0 Å². The molecule has 0 saturated heterocycles. The average molecular weight is 332 g/mol. The van der Waals surface area contributed by atoms with E-state index in [4.69, 9.17) is 5.73 Å². The van der Waals surface area contributed by atoms with Crippen LogP contribution in [0.5, 0.6) is 0 Å². The number of rotatable bonds is 2. The zero-order chi connectivity index (χ0) is 14.1. The van der Waals surface area contributed by atoms with Crippen molar-refractivity contribution in [1.29, 1.82) is 0 Å². The molecule has 2 aromatic carbocycles. The molecule has 0 radical (unpaired) electrons. The Kier molecular flexibility index (Phi) is 3.46. The lowest BCUT2D eigenvalue weighted by Gasteiger charge is -2.14. The number of halogens is 2. The molecule has 1 unspecified atom stereocenters. The Morgan fingerprint density at radius 1 is 1.05 bits per heavy atom. The van der Waals surface area contributed by atoms with Gasteiger partial charge in [-0.05, 0) is 39.7 Å². The standard InChI is InChI=1S/C15H11BrFN3/c16-11-3-1-2-10(14(11)17)15(18)9-4-5-12-13(8-9)20-7-6-19-12/h1-8,15H,18H2. The zero-order valence-electron chi connectivity index (χ0n) is 10.4. The molecule has 100 valence electrons. The normalized spacial score (nSPS) is 12.6. The van der Waals surface area contributed by atoms with Crippen molar-refractivity contribution in [2.24, 2.45) is 5.73 Å². The molecule has 2 N–H and O–H groups in total. The van der Waals surface area contributed by atoms with Gasteiger partial charge in [-0.1, -0.05) is 18.2 Å². The van der Waals surface area contributed by atoms with Crippen LogP contribution >= 0.6 is 15.9 Å². The molecule has 5 heteroatoms. The summed E-state index contributed by atoms with van der Waals surface area (Å²) in [5.41, 5.74) is 8.95. The van der Waals surface area contributed by atoms with Gasteiger partial charge in [0.15, 0.2) is 0 Å². The Hall–Kier alpha value is -1.85. The summed E-state index contributed by atoms with van der Waals surface area (Å²) in [5.74, 6) is -0.334. The molecular formula is C15H11BrFN3. The van der Waals surface area contributed by atoms with Gasteiger partial charge in [0.2, 0.25) is 0 Å². The summed E-state index contributed by atoms with van der Waals surface area (Å²) in [4.78, 5) is 8.44. The number of nitrogens with zero attached hydrogens (tertiary/aromatic N) is 2. The maximum atomic E-state index is 14.1. The third-order valence-electron chi connectivity index (χ3n) is 3.17. The van der Waals surface area contributed by atoms with Crippen LogP contribution in [0, 0.1) is 5.82 Å². The van der Waals surface area contributed by atoms with Gasteiger partial charge in [-0.3, -0.25) is 9.97 Å². The molecule has 0 bridgehead atoms. The number of benzene rings is 2. The van der Waals surface area contributed by atoms with Crippen molar-refractivity contribution in [3.8, 4) is 0 Å². The van der Waals surface area contributed by atoms with Crippen molar-refractivity contribution in [3.63, 3.8) is 0 Å². The third-order valence-corrected chi connectivity index (χ3v) is 3.78. The van der Waals surface area contributed by atoms with Crippen molar-refractivity contribution < 1.29 is 4.39 Å². The first-order valence-electron chi connectivity index (χ1n) is 6.07. The van der Waals surface area contributed by atoms with Crippen LogP contribution in [0.4, 0.5) is 4.39 Å². The van der Waals surface area contributed by atoms with Crippen molar-refractivity contribution >= 4 is 27.0 Å². The predicted molar refractivity (Wildman–Crippen MR) is 79.7 cm³/mol. The van der Waals surface area contributed by atoms with Gasteiger partial charge in [-0.15, -0.1) is 0 Å². The smallest absolute Gasteiger partial charge is 0.142 e. The van der Waals surface area contributed by atoms with Crippen molar-refractivity contribution in [2.45, 2.75) is 6.04 Å². The number of aromatic nitrogens is 2. The fourth-order valence-electron chi connectivity index (χ4n) is 2.11. The van der Waals surface area contributed by atoms with E-state index in [1.807, 2.05) is 18.2 Å². The van der Waals surface area contributed by atoms with Gasteiger partial charge < -0.3 is 5.73 Å². The van der Waals surface area contributed by atoms with Gasteiger partial charge in [0.1, 0.15) is 5.82 Å². The van der Waals surface area contributed by atoms with Crippen LogP contribution in [0.1, 0.15) is 17.2 Å². The third kappa shape index (κ3) is 2.30. The van der Waals surface area contributed by atoms with Crippen LogP contribution in [0.2, 0.25) is 0 Å². The van der Waals surface area contributed by atoms with Crippen LogP contribution in [-0.4, -0.2) is 9.97 Å². The lowest BCUT2D eigenvalue weighted by atomic mass is 9.98. The van der Waals surface area contributed by atoms with Crippen LogP contribution in [0.25, 0.3) is 11.0 Å². The summed E-state index contributed by atoms with van der Waals surface area (Å²) in [6.07, 6.45) is 3.26. The number of hydrogen-bond donors (Lipinski definition) is 1. The molecule has 20 heavy (non-hydrogen) atoms. The van der Waals surface area contributed by atoms with E-state index in [0.717, 1.165) is 16.6 Å². The Morgan fingerprint density at radius 3 is 2.60 bits per heavy atom. The van der Waals surface area contributed by atoms with Gasteiger partial charge in [-0.2, -0.15) is 0 Å². The molecule has 0 amide bonds. The van der Waals surface area contributed by atoms with Crippen LogP contribution in [0.15, 0.2) is 53.3 Å². The van der Waals surface area contributed by atoms with E-state index < -0.39 is 6.04 Å². The van der Waals surface area contributed by atoms with Crippen molar-refractivity contribution in [2.75, 3.05) is 0 Å². The predicted octanol–water partition coefficient (Wildman–Crippen LogP) is 3.58. The quantitative estimate of drug-likeness (QED) is 0.780. The molecule has 3 nitrogen and oxygen atoms in total. The summed E-state index contributed by atoms with van der Waals surface area (Å²) in [6.45, 7) is 0. The van der Waals surface area contributed by atoms with E-state index in [1.54, 1.807) is 30.6 Å². The maximum Gasteiger partial charge on any atom is 0.142 e. The Labute approximate surface area is 123 Å². The average Bonchev–Trinajstić information content (AvgIpc) is 2.49. The molecule has 3 rings (SSSR count). The van der Waals surface area contributed by atoms with E-state index >= 15 is 0 Å². The van der Waals surface area contributed by atoms with E-state index in [9.17, 15) is 4.39 Å². The minimum atomic E-state index is -0.543. The highest BCUT2D eigenvalue weighted by Crippen LogP contribution is 2.27. The summed E-state index contributed by atoms with van der Waals surface area (Å²) >= 11 is 3.17. The van der Waals surface area contributed by atoms with E-state index in [-0.39, 0.29) is 5.82 Å². The largest absolute Gasteiger partial charge is 0.320 e. The highest BCUT2D eigenvalue weighted by Gasteiger charge is 2.15.